The van der Waals surface area contributed by atoms with Gasteiger partial charge in [0.2, 0.25) is 5.91 Å². The first kappa shape index (κ1) is 21.3. The predicted octanol–water partition coefficient (Wildman–Crippen LogP) is 3.02. The molecule has 1 aromatic heterocycles. The molecule has 0 unspecified atom stereocenters. The van der Waals surface area contributed by atoms with Crippen LogP contribution in [-0.2, 0) is 17.9 Å². The number of carbonyl (C=O) groups excluding carboxylic acids is 1. The first-order chi connectivity index (χ1) is 15.1. The normalized spacial score (nSPS) is 15.2. The van der Waals surface area contributed by atoms with Crippen molar-refractivity contribution in [3.63, 3.8) is 0 Å². The number of carbonyl (C=O) groups is 1. The molecule has 1 fully saturated rings. The average molecular weight is 419 g/mol. The Kier molecular flexibility index (Phi) is 6.79. The molecule has 31 heavy (non-hydrogen) atoms. The summed E-state index contributed by atoms with van der Waals surface area (Å²) >= 11 is 0. The number of likely N-dealkylation sites (N-methyl/N-ethyl adjacent to an activating group) is 1. The van der Waals surface area contributed by atoms with Crippen LogP contribution in [-0.4, -0.2) is 72.5 Å². The lowest BCUT2D eigenvalue weighted by atomic mass is 10.1. The lowest BCUT2D eigenvalue weighted by Gasteiger charge is -2.34. The molecule has 2 heterocycles. The maximum absolute atomic E-state index is 12.8. The molecule has 2 aromatic carbocycles. The molecule has 0 N–H and O–H groups in total. The average Bonchev–Trinajstić information content (AvgIpc) is 2.80. The molecule has 1 aliphatic rings. The number of amides is 1. The molecule has 0 radical (unpaired) electrons. The van der Waals surface area contributed by atoms with Gasteiger partial charge in [-0.25, -0.2) is 0 Å². The summed E-state index contributed by atoms with van der Waals surface area (Å²) in [5.74, 6) is 1.01. The highest BCUT2D eigenvalue weighted by atomic mass is 16.5. The van der Waals surface area contributed by atoms with Gasteiger partial charge < -0.3 is 9.64 Å². The van der Waals surface area contributed by atoms with E-state index >= 15 is 0 Å². The van der Waals surface area contributed by atoms with Crippen LogP contribution in [0.25, 0.3) is 10.8 Å². The maximum atomic E-state index is 12.8. The third kappa shape index (κ3) is 5.60. The third-order valence-electron chi connectivity index (χ3n) is 5.89. The first-order valence-corrected chi connectivity index (χ1v) is 10.8. The molecule has 0 spiro atoms. The van der Waals surface area contributed by atoms with Crippen molar-refractivity contribution in [3.05, 3.63) is 72.1 Å². The van der Waals surface area contributed by atoms with Crippen molar-refractivity contribution in [3.8, 4) is 5.75 Å². The molecular weight excluding hydrogens is 388 g/mol. The molecule has 0 atom stereocenters. The molecule has 6 heteroatoms. The summed E-state index contributed by atoms with van der Waals surface area (Å²) in [6.07, 6.45) is 1.84. The van der Waals surface area contributed by atoms with Gasteiger partial charge in [-0.05, 0) is 46.7 Å². The fourth-order valence-electron chi connectivity index (χ4n) is 4.00. The minimum atomic E-state index is 0.160. The number of aromatic nitrogens is 1. The van der Waals surface area contributed by atoms with Crippen molar-refractivity contribution < 1.29 is 9.53 Å². The molecule has 0 saturated carbocycles. The van der Waals surface area contributed by atoms with Crippen LogP contribution in [0, 0.1) is 0 Å². The van der Waals surface area contributed by atoms with Gasteiger partial charge in [-0.3, -0.25) is 19.6 Å². The van der Waals surface area contributed by atoms with E-state index in [1.165, 1.54) is 0 Å². The second-order valence-electron chi connectivity index (χ2n) is 8.17. The molecule has 0 aliphatic carbocycles. The number of piperazine rings is 1. The summed E-state index contributed by atoms with van der Waals surface area (Å²) in [5.41, 5.74) is 2.23. The second-order valence-corrected chi connectivity index (χ2v) is 8.17. The third-order valence-corrected chi connectivity index (χ3v) is 5.89. The maximum Gasteiger partial charge on any atom is 0.236 e. The highest BCUT2D eigenvalue weighted by Crippen LogP contribution is 2.22. The zero-order chi connectivity index (χ0) is 21.6. The van der Waals surface area contributed by atoms with Gasteiger partial charge >= 0.3 is 0 Å². The Morgan fingerprint density at radius 3 is 2.48 bits per heavy atom. The Bertz CT molecular complexity index is 1020. The van der Waals surface area contributed by atoms with Crippen molar-refractivity contribution in [2.75, 3.05) is 46.9 Å². The van der Waals surface area contributed by atoms with E-state index in [2.05, 4.69) is 45.1 Å². The van der Waals surface area contributed by atoms with E-state index in [4.69, 9.17) is 4.74 Å². The van der Waals surface area contributed by atoms with E-state index in [0.717, 1.165) is 60.5 Å². The minimum absolute atomic E-state index is 0.160. The zero-order valence-corrected chi connectivity index (χ0v) is 18.3. The predicted molar refractivity (Wildman–Crippen MR) is 123 cm³/mol. The van der Waals surface area contributed by atoms with Gasteiger partial charge in [0.05, 0.1) is 19.3 Å². The SMILES string of the molecule is COc1ccc2cc(CN(C)C(=O)CN3CCN(Cc4ccccn4)CC3)ccc2c1. The van der Waals surface area contributed by atoms with Gasteiger partial charge in [0.15, 0.2) is 0 Å². The minimum Gasteiger partial charge on any atom is -0.497 e. The van der Waals surface area contributed by atoms with Crippen LogP contribution in [0.2, 0.25) is 0 Å². The van der Waals surface area contributed by atoms with Crippen LogP contribution in [0.4, 0.5) is 0 Å². The Morgan fingerprint density at radius 2 is 1.74 bits per heavy atom. The van der Waals surface area contributed by atoms with E-state index in [1.54, 1.807) is 7.11 Å². The van der Waals surface area contributed by atoms with E-state index in [-0.39, 0.29) is 5.91 Å². The number of hydrogen-bond donors (Lipinski definition) is 0. The van der Waals surface area contributed by atoms with Gasteiger partial charge in [0.1, 0.15) is 5.75 Å². The second kappa shape index (κ2) is 9.90. The fraction of sp³-hybridized carbons (Fsp3) is 0.360. The quantitative estimate of drug-likeness (QED) is 0.590. The standard InChI is InChI=1S/C25H30N4O2/c1-27(17-20-6-7-22-16-24(31-2)9-8-21(22)15-20)25(30)19-29-13-11-28(12-14-29)18-23-5-3-4-10-26-23/h3-10,15-16H,11-14,17-19H2,1-2H3. The summed E-state index contributed by atoms with van der Waals surface area (Å²) in [6.45, 7) is 5.69. The van der Waals surface area contributed by atoms with Gasteiger partial charge in [0, 0.05) is 52.5 Å². The van der Waals surface area contributed by atoms with E-state index in [0.29, 0.717) is 13.1 Å². The number of fused-ring (bicyclic) bond motifs is 1. The number of ether oxygens (including phenoxy) is 1. The Hall–Kier alpha value is -2.96. The van der Waals surface area contributed by atoms with Crippen molar-refractivity contribution in [2.45, 2.75) is 13.1 Å². The van der Waals surface area contributed by atoms with Gasteiger partial charge in [-0.15, -0.1) is 0 Å². The monoisotopic (exact) mass is 418 g/mol. The van der Waals surface area contributed by atoms with Crippen LogP contribution in [0.15, 0.2) is 60.8 Å². The largest absolute Gasteiger partial charge is 0.497 e. The van der Waals surface area contributed by atoms with Gasteiger partial charge in [-0.1, -0.05) is 24.3 Å². The highest BCUT2D eigenvalue weighted by Gasteiger charge is 2.21. The van der Waals surface area contributed by atoms with Crippen LogP contribution in [0.5, 0.6) is 5.75 Å². The molecule has 1 aliphatic heterocycles. The number of nitrogens with zero attached hydrogens (tertiary/aromatic N) is 4. The summed E-state index contributed by atoms with van der Waals surface area (Å²) in [5, 5.41) is 2.30. The Morgan fingerprint density at radius 1 is 1.00 bits per heavy atom. The number of hydrogen-bond acceptors (Lipinski definition) is 5. The summed E-state index contributed by atoms with van der Waals surface area (Å²) < 4.78 is 5.29. The number of benzene rings is 2. The molecule has 6 nitrogen and oxygen atoms in total. The summed E-state index contributed by atoms with van der Waals surface area (Å²) in [6, 6.07) is 18.4. The van der Waals surface area contributed by atoms with E-state index < -0.39 is 0 Å². The van der Waals surface area contributed by atoms with Crippen LogP contribution in [0.3, 0.4) is 0 Å². The number of pyridine rings is 1. The number of methoxy groups -OCH3 is 1. The first-order valence-electron chi connectivity index (χ1n) is 10.8. The summed E-state index contributed by atoms with van der Waals surface area (Å²) in [7, 11) is 3.56. The topological polar surface area (TPSA) is 48.9 Å². The lowest BCUT2D eigenvalue weighted by molar-refractivity contribution is -0.132. The molecular formula is C25H30N4O2. The lowest BCUT2D eigenvalue weighted by Crippen LogP contribution is -2.49. The van der Waals surface area contributed by atoms with Gasteiger partial charge in [0.25, 0.3) is 0 Å². The Balaban J connectivity index is 1.26. The zero-order valence-electron chi connectivity index (χ0n) is 18.3. The summed E-state index contributed by atoms with van der Waals surface area (Å²) in [4.78, 5) is 23.7. The van der Waals surface area contributed by atoms with Crippen molar-refractivity contribution >= 4 is 16.7 Å². The van der Waals surface area contributed by atoms with Crippen molar-refractivity contribution in [2.24, 2.45) is 0 Å². The van der Waals surface area contributed by atoms with Crippen LogP contribution < -0.4 is 4.74 Å². The van der Waals surface area contributed by atoms with Crippen LogP contribution in [0.1, 0.15) is 11.3 Å². The molecule has 1 saturated heterocycles. The highest BCUT2D eigenvalue weighted by molar-refractivity contribution is 5.84. The van der Waals surface area contributed by atoms with E-state index in [1.807, 2.05) is 42.4 Å². The van der Waals surface area contributed by atoms with Crippen molar-refractivity contribution in [1.29, 1.82) is 0 Å². The van der Waals surface area contributed by atoms with Crippen molar-refractivity contribution in [1.82, 2.24) is 19.7 Å². The Labute approximate surface area is 184 Å². The van der Waals surface area contributed by atoms with E-state index in [9.17, 15) is 4.79 Å². The van der Waals surface area contributed by atoms with Gasteiger partial charge in [-0.2, -0.15) is 0 Å². The van der Waals surface area contributed by atoms with Crippen LogP contribution >= 0.6 is 0 Å². The molecule has 162 valence electrons. The fourth-order valence-corrected chi connectivity index (χ4v) is 4.00. The molecule has 3 aromatic rings. The molecule has 4 rings (SSSR count). The molecule has 0 bridgehead atoms. The molecule has 1 amide bonds. The smallest absolute Gasteiger partial charge is 0.236 e. The number of rotatable bonds is 7.